The van der Waals surface area contributed by atoms with E-state index >= 15 is 0 Å². The van der Waals surface area contributed by atoms with Gasteiger partial charge in [-0.2, -0.15) is 0 Å². The second-order valence-corrected chi connectivity index (χ2v) is 4.46. The van der Waals surface area contributed by atoms with E-state index in [9.17, 15) is 4.79 Å². The number of rotatable bonds is 3. The molecule has 1 aromatic heterocycles. The molecule has 76 valence electrons. The van der Waals surface area contributed by atoms with Crippen LogP contribution in [0, 0.1) is 5.92 Å². The first kappa shape index (κ1) is 9.71. The molecule has 0 saturated heterocycles. The van der Waals surface area contributed by atoms with Crippen LogP contribution in [-0.2, 0) is 0 Å². The normalized spacial score (nSPS) is 17.9. The van der Waals surface area contributed by atoms with Gasteiger partial charge in [0.15, 0.2) is 0 Å². The van der Waals surface area contributed by atoms with Crippen molar-refractivity contribution in [2.45, 2.75) is 25.8 Å². The molecule has 1 saturated carbocycles. The predicted octanol–water partition coefficient (Wildman–Crippen LogP) is 1.74. The summed E-state index contributed by atoms with van der Waals surface area (Å²) in [4.78, 5) is 17.8. The number of nitrogens with zero attached hydrogens (tertiary/aromatic N) is 1. The molecule has 2 N–H and O–H groups in total. The molecule has 0 spiro atoms. The molecule has 5 heteroatoms. The molecule has 14 heavy (non-hydrogen) atoms. The second kappa shape index (κ2) is 3.73. The van der Waals surface area contributed by atoms with Crippen LogP contribution in [0.15, 0.2) is 15.6 Å². The van der Waals surface area contributed by atoms with Gasteiger partial charge in [0.25, 0.3) is 5.56 Å². The minimum Gasteiger partial charge on any atom is -0.366 e. The molecule has 0 aliphatic heterocycles. The molecule has 1 unspecified atom stereocenters. The lowest BCUT2D eigenvalue weighted by molar-refractivity contribution is 0.689. The van der Waals surface area contributed by atoms with Gasteiger partial charge in [-0.15, -0.1) is 0 Å². The van der Waals surface area contributed by atoms with Crippen molar-refractivity contribution in [3.8, 4) is 0 Å². The first-order valence-electron chi connectivity index (χ1n) is 4.68. The van der Waals surface area contributed by atoms with Gasteiger partial charge in [0.2, 0.25) is 0 Å². The molecule has 1 atom stereocenters. The van der Waals surface area contributed by atoms with E-state index in [0.717, 1.165) is 5.92 Å². The number of aromatic amines is 1. The number of hydrogen-bond acceptors (Lipinski definition) is 3. The molecule has 1 aliphatic carbocycles. The molecule has 0 bridgehead atoms. The van der Waals surface area contributed by atoms with Crippen molar-refractivity contribution in [3.63, 3.8) is 0 Å². The highest BCUT2D eigenvalue weighted by molar-refractivity contribution is 9.10. The van der Waals surface area contributed by atoms with E-state index in [2.05, 4.69) is 38.1 Å². The lowest BCUT2D eigenvalue weighted by Gasteiger charge is -2.13. The summed E-state index contributed by atoms with van der Waals surface area (Å²) in [6.07, 6.45) is 3.96. The zero-order valence-electron chi connectivity index (χ0n) is 7.88. The Labute approximate surface area is 90.3 Å². The molecular weight excluding hydrogens is 246 g/mol. The van der Waals surface area contributed by atoms with Crippen LogP contribution in [0.25, 0.3) is 0 Å². The van der Waals surface area contributed by atoms with Gasteiger partial charge in [-0.05, 0) is 41.6 Å². The van der Waals surface area contributed by atoms with E-state index < -0.39 is 0 Å². The highest BCUT2D eigenvalue weighted by atomic mass is 79.9. The van der Waals surface area contributed by atoms with Crippen LogP contribution < -0.4 is 10.9 Å². The third kappa shape index (κ3) is 1.97. The fourth-order valence-corrected chi connectivity index (χ4v) is 1.74. The maximum Gasteiger partial charge on any atom is 0.267 e. The maximum atomic E-state index is 11.2. The average Bonchev–Trinajstić information content (AvgIpc) is 2.95. The largest absolute Gasteiger partial charge is 0.366 e. The van der Waals surface area contributed by atoms with E-state index in [1.54, 1.807) is 0 Å². The quantitative estimate of drug-likeness (QED) is 0.868. The second-order valence-electron chi connectivity index (χ2n) is 3.66. The zero-order valence-corrected chi connectivity index (χ0v) is 9.47. The molecule has 1 fully saturated rings. The average molecular weight is 258 g/mol. The lowest BCUT2D eigenvalue weighted by Crippen LogP contribution is -2.21. The van der Waals surface area contributed by atoms with E-state index in [-0.39, 0.29) is 5.56 Å². The molecule has 0 aromatic carbocycles. The Kier molecular flexibility index (Phi) is 2.58. The zero-order chi connectivity index (χ0) is 10.1. The van der Waals surface area contributed by atoms with Crippen molar-refractivity contribution in [1.82, 2.24) is 9.97 Å². The Morgan fingerprint density at radius 2 is 2.43 bits per heavy atom. The number of aromatic nitrogens is 2. The standard InChI is InChI=1S/C9H12BrN3O/c1-5(6-2-3-6)13-8-7(10)9(14)12-4-11-8/h4-6H,2-3H2,1H3,(H2,11,12,13,14). The van der Waals surface area contributed by atoms with Crippen molar-refractivity contribution in [2.24, 2.45) is 5.92 Å². The van der Waals surface area contributed by atoms with Crippen LogP contribution in [-0.4, -0.2) is 16.0 Å². The van der Waals surface area contributed by atoms with Gasteiger partial charge in [0, 0.05) is 6.04 Å². The summed E-state index contributed by atoms with van der Waals surface area (Å²) in [5, 5.41) is 3.23. The highest BCUT2D eigenvalue weighted by Crippen LogP contribution is 2.34. The molecule has 4 nitrogen and oxygen atoms in total. The van der Waals surface area contributed by atoms with Gasteiger partial charge in [0.1, 0.15) is 10.3 Å². The van der Waals surface area contributed by atoms with Crippen molar-refractivity contribution < 1.29 is 0 Å². The van der Waals surface area contributed by atoms with Gasteiger partial charge in [0.05, 0.1) is 6.33 Å². The Morgan fingerprint density at radius 3 is 3.07 bits per heavy atom. The summed E-state index contributed by atoms with van der Waals surface area (Å²) in [6, 6.07) is 0.389. The van der Waals surface area contributed by atoms with Crippen molar-refractivity contribution >= 4 is 21.7 Å². The summed E-state index contributed by atoms with van der Waals surface area (Å²) < 4.78 is 0.479. The molecule has 1 heterocycles. The van der Waals surface area contributed by atoms with E-state index in [4.69, 9.17) is 0 Å². The smallest absolute Gasteiger partial charge is 0.267 e. The minimum absolute atomic E-state index is 0.148. The van der Waals surface area contributed by atoms with E-state index in [1.807, 2.05) is 0 Å². The number of hydrogen-bond donors (Lipinski definition) is 2. The lowest BCUT2D eigenvalue weighted by atomic mass is 10.2. The molecular formula is C9H12BrN3O. The topological polar surface area (TPSA) is 57.8 Å². The van der Waals surface area contributed by atoms with E-state index in [0.29, 0.717) is 16.3 Å². The van der Waals surface area contributed by atoms with Gasteiger partial charge in [-0.3, -0.25) is 4.79 Å². The fraction of sp³-hybridized carbons (Fsp3) is 0.556. The van der Waals surface area contributed by atoms with E-state index in [1.165, 1.54) is 19.2 Å². The van der Waals surface area contributed by atoms with Crippen LogP contribution in [0.2, 0.25) is 0 Å². The number of H-pyrrole nitrogens is 1. The van der Waals surface area contributed by atoms with Crippen LogP contribution >= 0.6 is 15.9 Å². The molecule has 1 aliphatic rings. The summed E-state index contributed by atoms with van der Waals surface area (Å²) in [5.41, 5.74) is -0.148. The fourth-order valence-electron chi connectivity index (χ4n) is 1.41. The van der Waals surface area contributed by atoms with Crippen molar-refractivity contribution in [3.05, 3.63) is 21.2 Å². The molecule has 2 rings (SSSR count). The molecule has 1 aromatic rings. The predicted molar refractivity (Wildman–Crippen MR) is 58.4 cm³/mol. The van der Waals surface area contributed by atoms with Gasteiger partial charge < -0.3 is 10.3 Å². The highest BCUT2D eigenvalue weighted by Gasteiger charge is 2.28. The summed E-state index contributed by atoms with van der Waals surface area (Å²) in [7, 11) is 0. The minimum atomic E-state index is -0.148. The number of halogens is 1. The SMILES string of the molecule is CC(Nc1nc[nH]c(=O)c1Br)C1CC1. The first-order chi connectivity index (χ1) is 6.68. The third-order valence-corrected chi connectivity index (χ3v) is 3.23. The van der Waals surface area contributed by atoms with Crippen LogP contribution in [0.3, 0.4) is 0 Å². The van der Waals surface area contributed by atoms with Gasteiger partial charge >= 0.3 is 0 Å². The molecule has 0 amide bonds. The Hall–Kier alpha value is -0.840. The Bertz CT molecular complexity index is 386. The Balaban J connectivity index is 2.15. The van der Waals surface area contributed by atoms with Crippen LogP contribution in [0.4, 0.5) is 5.82 Å². The van der Waals surface area contributed by atoms with Crippen molar-refractivity contribution in [1.29, 1.82) is 0 Å². The molecule has 0 radical (unpaired) electrons. The van der Waals surface area contributed by atoms with Crippen LogP contribution in [0.5, 0.6) is 0 Å². The summed E-state index contributed by atoms with van der Waals surface area (Å²) >= 11 is 3.21. The monoisotopic (exact) mass is 257 g/mol. The van der Waals surface area contributed by atoms with Gasteiger partial charge in [-0.1, -0.05) is 0 Å². The number of anilines is 1. The van der Waals surface area contributed by atoms with Gasteiger partial charge in [-0.25, -0.2) is 4.98 Å². The van der Waals surface area contributed by atoms with Crippen LogP contribution in [0.1, 0.15) is 19.8 Å². The third-order valence-electron chi connectivity index (χ3n) is 2.49. The Morgan fingerprint density at radius 1 is 1.71 bits per heavy atom. The van der Waals surface area contributed by atoms with Crippen molar-refractivity contribution in [2.75, 3.05) is 5.32 Å². The summed E-state index contributed by atoms with van der Waals surface area (Å²) in [5.74, 6) is 1.37. The maximum absolute atomic E-state index is 11.2. The number of nitrogens with one attached hydrogen (secondary N) is 2. The summed E-state index contributed by atoms with van der Waals surface area (Å²) in [6.45, 7) is 2.12. The first-order valence-corrected chi connectivity index (χ1v) is 5.47.